The van der Waals surface area contributed by atoms with Crippen molar-refractivity contribution < 1.29 is 23.2 Å². The van der Waals surface area contributed by atoms with Crippen LogP contribution >= 0.6 is 11.3 Å². The average molecular weight is 395 g/mol. The SMILES string of the molecule is O=C(Cn1ccc([N+](=O)[O-])n1)Nc1nc(-c2ccc(OC(F)F)cc2)cs1. The summed E-state index contributed by atoms with van der Waals surface area (Å²) >= 11 is 1.18. The van der Waals surface area contributed by atoms with E-state index in [4.69, 9.17) is 0 Å². The van der Waals surface area contributed by atoms with Crippen molar-refractivity contribution in [2.24, 2.45) is 0 Å². The summed E-state index contributed by atoms with van der Waals surface area (Å²) in [5.41, 5.74) is 1.21. The molecule has 0 aliphatic carbocycles. The van der Waals surface area contributed by atoms with Crippen LogP contribution in [0.25, 0.3) is 11.3 Å². The number of carbonyl (C=O) groups is 1. The smallest absolute Gasteiger partial charge is 0.389 e. The number of anilines is 1. The molecule has 3 aromatic rings. The number of thiazole rings is 1. The summed E-state index contributed by atoms with van der Waals surface area (Å²) in [7, 11) is 0. The Bertz CT molecular complexity index is 957. The number of alkyl halides is 2. The molecule has 3 rings (SSSR count). The highest BCUT2D eigenvalue weighted by Crippen LogP contribution is 2.27. The molecule has 0 radical (unpaired) electrons. The Labute approximate surface area is 154 Å². The van der Waals surface area contributed by atoms with Crippen LogP contribution in [0.15, 0.2) is 41.9 Å². The number of hydrogen-bond donors (Lipinski definition) is 1. The molecular formula is C15H11F2N5O4S. The van der Waals surface area contributed by atoms with E-state index in [1.807, 2.05) is 0 Å². The lowest BCUT2D eigenvalue weighted by Gasteiger charge is -2.04. The molecule has 2 aromatic heterocycles. The van der Waals surface area contributed by atoms with Crippen molar-refractivity contribution in [1.82, 2.24) is 14.8 Å². The summed E-state index contributed by atoms with van der Waals surface area (Å²) in [5, 5.41) is 18.8. The largest absolute Gasteiger partial charge is 0.435 e. The lowest BCUT2D eigenvalue weighted by Crippen LogP contribution is -2.19. The minimum absolute atomic E-state index is 0.0332. The zero-order chi connectivity index (χ0) is 19.4. The maximum atomic E-state index is 12.2. The van der Waals surface area contributed by atoms with Crippen molar-refractivity contribution in [1.29, 1.82) is 0 Å². The van der Waals surface area contributed by atoms with E-state index in [0.29, 0.717) is 16.4 Å². The average Bonchev–Trinajstić information content (AvgIpc) is 3.25. The van der Waals surface area contributed by atoms with Crippen LogP contribution in [-0.2, 0) is 11.3 Å². The molecule has 12 heteroatoms. The second-order valence-electron chi connectivity index (χ2n) is 5.12. The van der Waals surface area contributed by atoms with Crippen LogP contribution in [0.4, 0.5) is 19.7 Å². The van der Waals surface area contributed by atoms with Crippen LogP contribution in [0.1, 0.15) is 0 Å². The predicted molar refractivity (Wildman–Crippen MR) is 91.7 cm³/mol. The number of benzene rings is 1. The molecule has 0 unspecified atom stereocenters. The molecule has 1 amide bonds. The highest BCUT2D eigenvalue weighted by Gasteiger charge is 2.15. The molecule has 9 nitrogen and oxygen atoms in total. The molecular weight excluding hydrogens is 384 g/mol. The molecule has 0 fully saturated rings. The van der Waals surface area contributed by atoms with Gasteiger partial charge in [-0.2, -0.15) is 13.5 Å². The van der Waals surface area contributed by atoms with Crippen LogP contribution in [-0.4, -0.2) is 32.2 Å². The van der Waals surface area contributed by atoms with Gasteiger partial charge in [0.25, 0.3) is 0 Å². The number of nitrogens with zero attached hydrogens (tertiary/aromatic N) is 4. The first kappa shape index (κ1) is 18.4. The topological polar surface area (TPSA) is 112 Å². The van der Waals surface area contributed by atoms with E-state index in [1.165, 1.54) is 35.7 Å². The molecule has 1 N–H and O–H groups in total. The van der Waals surface area contributed by atoms with Gasteiger partial charge < -0.3 is 20.2 Å². The van der Waals surface area contributed by atoms with Crippen LogP contribution in [0.2, 0.25) is 0 Å². The Morgan fingerprint density at radius 3 is 2.70 bits per heavy atom. The number of ether oxygens (including phenoxy) is 1. The number of rotatable bonds is 7. The standard InChI is InChI=1S/C15H11F2N5O4S/c16-14(17)26-10-3-1-9(2-4-10)11-8-27-15(18-11)19-13(23)7-21-6-5-12(20-21)22(24)25/h1-6,8,14H,7H2,(H,18,19,23). The second kappa shape index (κ2) is 7.86. The monoisotopic (exact) mass is 395 g/mol. The highest BCUT2D eigenvalue weighted by atomic mass is 32.1. The van der Waals surface area contributed by atoms with E-state index in [0.717, 1.165) is 4.68 Å². The summed E-state index contributed by atoms with van der Waals surface area (Å²) in [6.07, 6.45) is 1.33. The van der Waals surface area contributed by atoms with Crippen molar-refractivity contribution in [2.75, 3.05) is 5.32 Å². The Morgan fingerprint density at radius 2 is 2.07 bits per heavy atom. The summed E-state index contributed by atoms with van der Waals surface area (Å²) in [6, 6.07) is 7.12. The van der Waals surface area contributed by atoms with Gasteiger partial charge in [-0.3, -0.25) is 4.79 Å². The summed E-state index contributed by atoms with van der Waals surface area (Å²) in [5.74, 6) is -0.765. The van der Waals surface area contributed by atoms with E-state index >= 15 is 0 Å². The van der Waals surface area contributed by atoms with Gasteiger partial charge in [0.05, 0.1) is 23.1 Å². The van der Waals surface area contributed by atoms with Gasteiger partial charge >= 0.3 is 12.4 Å². The molecule has 0 saturated heterocycles. The normalized spacial score (nSPS) is 10.8. The molecule has 0 aliphatic rings. The van der Waals surface area contributed by atoms with Crippen LogP contribution in [0.5, 0.6) is 5.75 Å². The van der Waals surface area contributed by atoms with Gasteiger partial charge in [0.2, 0.25) is 5.91 Å². The van der Waals surface area contributed by atoms with Crippen molar-refractivity contribution >= 4 is 28.2 Å². The van der Waals surface area contributed by atoms with E-state index < -0.39 is 17.4 Å². The van der Waals surface area contributed by atoms with Crippen LogP contribution in [0, 0.1) is 10.1 Å². The van der Waals surface area contributed by atoms with E-state index in [-0.39, 0.29) is 18.1 Å². The summed E-state index contributed by atoms with van der Waals surface area (Å²) in [4.78, 5) is 26.2. The van der Waals surface area contributed by atoms with Gasteiger partial charge in [-0.1, -0.05) is 0 Å². The quantitative estimate of drug-likeness (QED) is 0.486. The maximum absolute atomic E-state index is 12.2. The van der Waals surface area contributed by atoms with Crippen LogP contribution in [0.3, 0.4) is 0 Å². The lowest BCUT2D eigenvalue weighted by molar-refractivity contribution is -0.389. The number of amides is 1. The van der Waals surface area contributed by atoms with Gasteiger partial charge in [-0.15, -0.1) is 11.3 Å². The third-order valence-corrected chi connectivity index (χ3v) is 4.00. The minimum atomic E-state index is -2.90. The van der Waals surface area contributed by atoms with Gasteiger partial charge in [-0.05, 0) is 29.2 Å². The number of halogens is 2. The highest BCUT2D eigenvalue weighted by molar-refractivity contribution is 7.14. The molecule has 2 heterocycles. The zero-order valence-electron chi connectivity index (χ0n) is 13.4. The third kappa shape index (κ3) is 4.82. The number of aromatic nitrogens is 3. The second-order valence-corrected chi connectivity index (χ2v) is 5.98. The predicted octanol–water partition coefficient (Wildman–Crippen LogP) is 3.15. The first-order valence-electron chi connectivity index (χ1n) is 7.39. The zero-order valence-corrected chi connectivity index (χ0v) is 14.2. The van der Waals surface area contributed by atoms with E-state index in [9.17, 15) is 23.7 Å². The molecule has 0 atom stereocenters. The molecule has 0 spiro atoms. The van der Waals surface area contributed by atoms with Crippen molar-refractivity contribution in [3.05, 3.63) is 52.0 Å². The van der Waals surface area contributed by atoms with Crippen molar-refractivity contribution in [2.45, 2.75) is 13.2 Å². The summed E-state index contributed by atoms with van der Waals surface area (Å²) in [6.45, 7) is -3.10. The molecule has 27 heavy (non-hydrogen) atoms. The molecule has 0 bridgehead atoms. The number of carbonyl (C=O) groups excluding carboxylic acids is 1. The van der Waals surface area contributed by atoms with E-state index in [1.54, 1.807) is 17.5 Å². The fourth-order valence-corrected chi connectivity index (χ4v) is 2.85. The Kier molecular flexibility index (Phi) is 5.35. The molecule has 0 aliphatic heterocycles. The van der Waals surface area contributed by atoms with Gasteiger partial charge in [-0.25, -0.2) is 4.98 Å². The van der Waals surface area contributed by atoms with Gasteiger partial charge in [0.1, 0.15) is 12.3 Å². The number of nitro groups is 1. The lowest BCUT2D eigenvalue weighted by atomic mass is 10.2. The van der Waals surface area contributed by atoms with Crippen molar-refractivity contribution in [3.8, 4) is 17.0 Å². The fraction of sp³-hybridized carbons (Fsp3) is 0.133. The molecule has 0 saturated carbocycles. The van der Waals surface area contributed by atoms with Crippen LogP contribution < -0.4 is 10.1 Å². The summed E-state index contributed by atoms with van der Waals surface area (Å²) < 4.78 is 29.7. The van der Waals surface area contributed by atoms with Gasteiger partial charge in [0, 0.05) is 10.9 Å². The molecule has 1 aromatic carbocycles. The van der Waals surface area contributed by atoms with E-state index in [2.05, 4.69) is 20.1 Å². The third-order valence-electron chi connectivity index (χ3n) is 3.25. The first-order valence-corrected chi connectivity index (χ1v) is 8.27. The number of nitrogens with one attached hydrogen (secondary N) is 1. The maximum Gasteiger partial charge on any atom is 0.389 e. The first-order chi connectivity index (χ1) is 12.9. The molecule has 140 valence electrons. The van der Waals surface area contributed by atoms with Crippen molar-refractivity contribution in [3.63, 3.8) is 0 Å². The fourth-order valence-electron chi connectivity index (χ4n) is 2.11. The van der Waals surface area contributed by atoms with Gasteiger partial charge in [0.15, 0.2) is 5.13 Å². The Hall–Kier alpha value is -3.41. The Balaban J connectivity index is 1.61. The minimum Gasteiger partial charge on any atom is -0.435 e. The Morgan fingerprint density at radius 1 is 1.33 bits per heavy atom. The number of hydrogen-bond acceptors (Lipinski definition) is 7.